The van der Waals surface area contributed by atoms with E-state index in [2.05, 4.69) is 38.6 Å². The minimum absolute atomic E-state index is 0.0352. The van der Waals surface area contributed by atoms with Gasteiger partial charge in [0.15, 0.2) is 5.65 Å². The van der Waals surface area contributed by atoms with E-state index in [0.29, 0.717) is 17.6 Å². The van der Waals surface area contributed by atoms with E-state index in [0.717, 1.165) is 22.0 Å². The van der Waals surface area contributed by atoms with Crippen LogP contribution in [0, 0.1) is 0 Å². The Morgan fingerprint density at radius 3 is 2.72 bits per heavy atom. The summed E-state index contributed by atoms with van der Waals surface area (Å²) in [4.78, 5) is 33.0. The number of para-hydroxylation sites is 1. The average Bonchev–Trinajstić information content (AvgIpc) is 3.41. The summed E-state index contributed by atoms with van der Waals surface area (Å²) in [6, 6.07) is 18.2. The van der Waals surface area contributed by atoms with Crippen molar-refractivity contribution in [3.8, 4) is 0 Å². The first kappa shape index (κ1) is 19.7. The minimum Gasteiger partial charge on any atom is -0.361 e. The molecular weight excluding hydrogens is 404 g/mol. The molecule has 0 aliphatic carbocycles. The first-order valence-corrected chi connectivity index (χ1v) is 10.4. The number of rotatable bonds is 6. The van der Waals surface area contributed by atoms with Gasteiger partial charge < -0.3 is 10.3 Å². The van der Waals surface area contributed by atoms with Gasteiger partial charge in [0.1, 0.15) is 18.3 Å². The highest BCUT2D eigenvalue weighted by Gasteiger charge is 2.19. The van der Waals surface area contributed by atoms with Crippen LogP contribution in [0.4, 0.5) is 0 Å². The molecule has 0 aliphatic heterocycles. The number of H-pyrrole nitrogens is 1. The molecule has 0 saturated carbocycles. The highest BCUT2D eigenvalue weighted by atomic mass is 16.2. The molecule has 32 heavy (non-hydrogen) atoms. The number of aryl methyl sites for hydroxylation is 1. The molecule has 1 atom stereocenters. The Balaban J connectivity index is 1.38. The van der Waals surface area contributed by atoms with E-state index < -0.39 is 0 Å². The van der Waals surface area contributed by atoms with Gasteiger partial charge in [-0.1, -0.05) is 48.5 Å². The number of nitrogens with zero attached hydrogens (tertiary/aromatic N) is 4. The number of nitrogens with one attached hydrogen (secondary N) is 2. The standard InChI is InChI=1S/C24H22N6O2/c1-29-23-20(13-28-29)24(32)30(15-27-23)14-22(31)26-11-18(16-7-3-2-4-8-16)19-12-25-21-10-6-5-9-17(19)21/h2-10,12-13,15,18,25H,11,14H2,1H3,(H,26,31). The maximum Gasteiger partial charge on any atom is 0.264 e. The van der Waals surface area contributed by atoms with Crippen LogP contribution in [-0.4, -0.2) is 36.8 Å². The summed E-state index contributed by atoms with van der Waals surface area (Å²) in [5.74, 6) is -0.287. The second-order valence-electron chi connectivity index (χ2n) is 7.74. The van der Waals surface area contributed by atoms with E-state index >= 15 is 0 Å². The van der Waals surface area contributed by atoms with E-state index in [1.165, 1.54) is 21.8 Å². The predicted octanol–water partition coefficient (Wildman–Crippen LogP) is 2.56. The van der Waals surface area contributed by atoms with Crippen LogP contribution in [0.2, 0.25) is 0 Å². The van der Waals surface area contributed by atoms with Gasteiger partial charge in [0.05, 0.1) is 6.20 Å². The number of amides is 1. The van der Waals surface area contributed by atoms with Crippen LogP contribution >= 0.6 is 0 Å². The largest absolute Gasteiger partial charge is 0.361 e. The van der Waals surface area contributed by atoms with E-state index in [1.54, 1.807) is 7.05 Å². The molecule has 0 aliphatic rings. The Hall–Kier alpha value is -4.20. The molecule has 5 aromatic rings. The lowest BCUT2D eigenvalue weighted by Crippen LogP contribution is -2.35. The van der Waals surface area contributed by atoms with Crippen molar-refractivity contribution >= 4 is 27.8 Å². The molecule has 0 fully saturated rings. The number of aromatic amines is 1. The summed E-state index contributed by atoms with van der Waals surface area (Å²) in [6.45, 7) is 0.300. The lowest BCUT2D eigenvalue weighted by Gasteiger charge is -2.18. The van der Waals surface area contributed by atoms with Gasteiger partial charge in [0, 0.05) is 36.6 Å². The van der Waals surface area contributed by atoms with Crippen LogP contribution in [0.15, 0.2) is 78.1 Å². The Labute approximate surface area is 183 Å². The quantitative estimate of drug-likeness (QED) is 0.436. The van der Waals surface area contributed by atoms with Gasteiger partial charge in [0.2, 0.25) is 5.91 Å². The monoisotopic (exact) mass is 426 g/mol. The topological polar surface area (TPSA) is 97.6 Å². The van der Waals surface area contributed by atoms with Crippen LogP contribution in [0.25, 0.3) is 21.9 Å². The summed E-state index contributed by atoms with van der Waals surface area (Å²) in [5, 5.41) is 8.58. The van der Waals surface area contributed by atoms with Crippen LogP contribution in [0.1, 0.15) is 17.0 Å². The fraction of sp³-hybridized carbons (Fsp3) is 0.167. The maximum atomic E-state index is 12.7. The van der Waals surface area contributed by atoms with Gasteiger partial charge in [0.25, 0.3) is 5.56 Å². The molecule has 8 nitrogen and oxygen atoms in total. The number of aromatic nitrogens is 5. The third-order valence-electron chi connectivity index (χ3n) is 5.73. The fourth-order valence-electron chi connectivity index (χ4n) is 4.08. The van der Waals surface area contributed by atoms with Crippen LogP contribution in [0.5, 0.6) is 0 Å². The predicted molar refractivity (Wildman–Crippen MR) is 122 cm³/mol. The molecule has 0 spiro atoms. The molecule has 1 amide bonds. The molecule has 0 bridgehead atoms. The van der Waals surface area contributed by atoms with Crippen molar-refractivity contribution in [3.63, 3.8) is 0 Å². The molecule has 3 heterocycles. The van der Waals surface area contributed by atoms with Gasteiger partial charge in [-0.2, -0.15) is 5.10 Å². The normalized spacial score (nSPS) is 12.3. The highest BCUT2D eigenvalue weighted by Crippen LogP contribution is 2.30. The van der Waals surface area contributed by atoms with E-state index in [1.807, 2.05) is 42.6 Å². The highest BCUT2D eigenvalue weighted by molar-refractivity contribution is 5.84. The maximum absolute atomic E-state index is 12.7. The summed E-state index contributed by atoms with van der Waals surface area (Å²) in [5.41, 5.74) is 3.48. The van der Waals surface area contributed by atoms with Gasteiger partial charge >= 0.3 is 0 Å². The second-order valence-corrected chi connectivity index (χ2v) is 7.74. The zero-order valence-electron chi connectivity index (χ0n) is 17.5. The number of hydrogen-bond donors (Lipinski definition) is 2. The van der Waals surface area contributed by atoms with Crippen LogP contribution in [-0.2, 0) is 18.4 Å². The zero-order chi connectivity index (χ0) is 22.1. The molecule has 2 aromatic carbocycles. The molecule has 3 aromatic heterocycles. The van der Waals surface area contributed by atoms with Gasteiger partial charge in [-0.05, 0) is 17.2 Å². The van der Waals surface area contributed by atoms with Gasteiger partial charge in [-0.3, -0.25) is 18.8 Å². The van der Waals surface area contributed by atoms with Crippen molar-refractivity contribution in [2.75, 3.05) is 6.54 Å². The molecular formula is C24H22N6O2. The third kappa shape index (κ3) is 3.56. The summed E-state index contributed by atoms with van der Waals surface area (Å²) < 4.78 is 2.84. The molecule has 2 N–H and O–H groups in total. The molecule has 0 saturated heterocycles. The number of fused-ring (bicyclic) bond motifs is 2. The Bertz CT molecular complexity index is 1460. The van der Waals surface area contributed by atoms with Crippen molar-refractivity contribution in [2.45, 2.75) is 12.5 Å². The number of hydrogen-bond acceptors (Lipinski definition) is 4. The Kier molecular flexibility index (Phi) is 5.03. The fourth-order valence-corrected chi connectivity index (χ4v) is 4.08. The van der Waals surface area contributed by atoms with Crippen molar-refractivity contribution in [1.82, 2.24) is 29.6 Å². The summed E-state index contributed by atoms with van der Waals surface area (Å²) in [7, 11) is 1.72. The lowest BCUT2D eigenvalue weighted by molar-refractivity contribution is -0.121. The average molecular weight is 426 g/mol. The first-order valence-electron chi connectivity index (χ1n) is 10.4. The molecule has 1 unspecified atom stereocenters. The van der Waals surface area contributed by atoms with Crippen molar-refractivity contribution in [1.29, 1.82) is 0 Å². The third-order valence-corrected chi connectivity index (χ3v) is 5.73. The van der Waals surface area contributed by atoms with E-state index in [9.17, 15) is 9.59 Å². The molecule has 160 valence electrons. The number of carbonyl (C=O) groups is 1. The van der Waals surface area contributed by atoms with E-state index in [4.69, 9.17) is 0 Å². The zero-order valence-corrected chi connectivity index (χ0v) is 17.5. The minimum atomic E-state index is -0.283. The van der Waals surface area contributed by atoms with E-state index in [-0.39, 0.29) is 23.9 Å². The SMILES string of the molecule is Cn1ncc2c(=O)n(CC(=O)NCC(c3ccccc3)c3c[nH]c4ccccc34)cnc21. The summed E-state index contributed by atoms with van der Waals surface area (Å²) in [6.07, 6.45) is 4.86. The number of carbonyl (C=O) groups excluding carboxylic acids is 1. The van der Waals surface area contributed by atoms with Crippen LogP contribution < -0.4 is 10.9 Å². The molecule has 8 heteroatoms. The van der Waals surface area contributed by atoms with Crippen molar-refractivity contribution in [3.05, 3.63) is 94.8 Å². The Morgan fingerprint density at radius 2 is 1.88 bits per heavy atom. The van der Waals surface area contributed by atoms with Crippen molar-refractivity contribution in [2.24, 2.45) is 7.05 Å². The van der Waals surface area contributed by atoms with Gasteiger partial charge in [-0.25, -0.2) is 4.98 Å². The molecule has 5 rings (SSSR count). The number of benzene rings is 2. The van der Waals surface area contributed by atoms with Crippen LogP contribution in [0.3, 0.4) is 0 Å². The first-order chi connectivity index (χ1) is 15.6. The summed E-state index contributed by atoms with van der Waals surface area (Å²) >= 11 is 0. The Morgan fingerprint density at radius 1 is 1.09 bits per heavy atom. The molecule has 0 radical (unpaired) electrons. The van der Waals surface area contributed by atoms with Crippen molar-refractivity contribution < 1.29 is 4.79 Å². The smallest absolute Gasteiger partial charge is 0.264 e. The second kappa shape index (κ2) is 8.14. The van der Waals surface area contributed by atoms with Gasteiger partial charge in [-0.15, -0.1) is 0 Å². The lowest BCUT2D eigenvalue weighted by atomic mass is 9.91.